The second-order valence-corrected chi connectivity index (χ2v) is 8.75. The zero-order valence-corrected chi connectivity index (χ0v) is 17.2. The number of carbonyl (C=O) groups is 1. The van der Waals surface area contributed by atoms with Crippen molar-refractivity contribution in [2.45, 2.75) is 39.0 Å². The average Bonchev–Trinajstić information content (AvgIpc) is 3.10. The van der Waals surface area contributed by atoms with Crippen molar-refractivity contribution >= 4 is 32.4 Å². The van der Waals surface area contributed by atoms with Crippen LogP contribution in [-0.4, -0.2) is 36.7 Å². The van der Waals surface area contributed by atoms with Crippen molar-refractivity contribution < 1.29 is 13.2 Å². The van der Waals surface area contributed by atoms with Crippen LogP contribution in [0.2, 0.25) is 0 Å². The highest BCUT2D eigenvalue weighted by molar-refractivity contribution is 7.89. The SMILES string of the molecule is CC[C@H](C)C(=O)Nc1nc(-c2ccc(S(=O)(=O)N(CC)CC)cc2)cs1. The molecule has 1 heterocycles. The van der Waals surface area contributed by atoms with E-state index in [0.717, 1.165) is 12.0 Å². The highest BCUT2D eigenvalue weighted by Crippen LogP contribution is 2.27. The van der Waals surface area contributed by atoms with Crippen LogP contribution >= 0.6 is 11.3 Å². The van der Waals surface area contributed by atoms with E-state index in [4.69, 9.17) is 0 Å². The summed E-state index contributed by atoms with van der Waals surface area (Å²) in [7, 11) is -3.46. The van der Waals surface area contributed by atoms with Crippen molar-refractivity contribution in [1.29, 1.82) is 0 Å². The van der Waals surface area contributed by atoms with Crippen LogP contribution in [0.4, 0.5) is 5.13 Å². The number of thiazole rings is 1. The number of rotatable bonds is 8. The molecule has 8 heteroatoms. The fourth-order valence-corrected chi connectivity index (χ4v) is 4.57. The van der Waals surface area contributed by atoms with Crippen molar-refractivity contribution in [3.8, 4) is 11.3 Å². The Labute approximate surface area is 159 Å². The number of sulfonamides is 1. The normalized spacial score (nSPS) is 13.0. The fourth-order valence-electron chi connectivity index (χ4n) is 2.39. The molecular formula is C18H25N3O3S2. The molecule has 0 fully saturated rings. The number of hydrogen-bond acceptors (Lipinski definition) is 5. The molecule has 2 rings (SSSR count). The molecule has 0 aliphatic carbocycles. The van der Waals surface area contributed by atoms with E-state index in [-0.39, 0.29) is 16.7 Å². The van der Waals surface area contributed by atoms with Gasteiger partial charge in [0, 0.05) is 30.0 Å². The van der Waals surface area contributed by atoms with E-state index in [0.29, 0.717) is 23.9 Å². The lowest BCUT2D eigenvalue weighted by atomic mass is 10.1. The van der Waals surface area contributed by atoms with Gasteiger partial charge >= 0.3 is 0 Å². The molecule has 142 valence electrons. The van der Waals surface area contributed by atoms with Crippen LogP contribution in [0.5, 0.6) is 0 Å². The summed E-state index contributed by atoms with van der Waals surface area (Å²) >= 11 is 1.35. The summed E-state index contributed by atoms with van der Waals surface area (Å²) in [6.07, 6.45) is 0.770. The fraction of sp³-hybridized carbons (Fsp3) is 0.444. The van der Waals surface area contributed by atoms with Gasteiger partial charge in [-0.1, -0.05) is 39.8 Å². The number of anilines is 1. The molecule has 0 unspecified atom stereocenters. The Bertz CT molecular complexity index is 841. The van der Waals surface area contributed by atoms with Crippen LogP contribution in [0.1, 0.15) is 34.1 Å². The van der Waals surface area contributed by atoms with Gasteiger partial charge in [0.15, 0.2) is 5.13 Å². The Morgan fingerprint density at radius 3 is 2.35 bits per heavy atom. The molecule has 1 amide bonds. The third-order valence-corrected chi connectivity index (χ3v) is 7.11. The summed E-state index contributed by atoms with van der Waals surface area (Å²) in [5, 5.41) is 5.21. The Kier molecular flexibility index (Phi) is 6.91. The molecule has 0 aliphatic rings. The molecule has 0 saturated heterocycles. The molecule has 0 saturated carbocycles. The summed E-state index contributed by atoms with van der Waals surface area (Å²) in [5.74, 6) is -0.110. The third-order valence-electron chi connectivity index (χ3n) is 4.29. The first-order valence-electron chi connectivity index (χ1n) is 8.70. The van der Waals surface area contributed by atoms with E-state index in [1.54, 1.807) is 24.3 Å². The van der Waals surface area contributed by atoms with Crippen LogP contribution in [-0.2, 0) is 14.8 Å². The van der Waals surface area contributed by atoms with Gasteiger partial charge in [-0.05, 0) is 18.6 Å². The molecule has 0 spiro atoms. The van der Waals surface area contributed by atoms with Crippen LogP contribution in [0.15, 0.2) is 34.5 Å². The van der Waals surface area contributed by atoms with Gasteiger partial charge in [-0.3, -0.25) is 4.79 Å². The highest BCUT2D eigenvalue weighted by Gasteiger charge is 2.21. The molecule has 1 aromatic carbocycles. The smallest absolute Gasteiger partial charge is 0.243 e. The molecule has 6 nitrogen and oxygen atoms in total. The second-order valence-electron chi connectivity index (χ2n) is 5.95. The highest BCUT2D eigenvalue weighted by atomic mass is 32.2. The van der Waals surface area contributed by atoms with Gasteiger partial charge in [-0.25, -0.2) is 13.4 Å². The van der Waals surface area contributed by atoms with E-state index >= 15 is 0 Å². The van der Waals surface area contributed by atoms with Gasteiger partial charge < -0.3 is 5.32 Å². The Morgan fingerprint density at radius 2 is 1.81 bits per heavy atom. The van der Waals surface area contributed by atoms with Crippen LogP contribution in [0.3, 0.4) is 0 Å². The maximum Gasteiger partial charge on any atom is 0.243 e. The number of aromatic nitrogens is 1. The minimum Gasteiger partial charge on any atom is -0.302 e. The lowest BCUT2D eigenvalue weighted by Crippen LogP contribution is -2.30. The minimum absolute atomic E-state index is 0.0472. The molecule has 1 aromatic heterocycles. The van der Waals surface area contributed by atoms with Crippen LogP contribution in [0.25, 0.3) is 11.3 Å². The lowest BCUT2D eigenvalue weighted by molar-refractivity contribution is -0.119. The molecule has 1 N–H and O–H groups in total. The minimum atomic E-state index is -3.46. The molecule has 0 bridgehead atoms. The van der Waals surface area contributed by atoms with E-state index in [1.807, 2.05) is 33.1 Å². The summed E-state index contributed by atoms with van der Waals surface area (Å²) in [6.45, 7) is 8.35. The van der Waals surface area contributed by atoms with Gasteiger partial charge in [-0.15, -0.1) is 11.3 Å². The number of benzene rings is 1. The second kappa shape index (κ2) is 8.75. The first kappa shape index (κ1) is 20.5. The monoisotopic (exact) mass is 395 g/mol. The molecule has 2 aromatic rings. The van der Waals surface area contributed by atoms with E-state index in [2.05, 4.69) is 10.3 Å². The van der Waals surface area contributed by atoms with Gasteiger partial charge in [0.05, 0.1) is 10.6 Å². The number of amides is 1. The maximum absolute atomic E-state index is 12.5. The first-order valence-corrected chi connectivity index (χ1v) is 11.0. The summed E-state index contributed by atoms with van der Waals surface area (Å²) < 4.78 is 26.5. The largest absolute Gasteiger partial charge is 0.302 e. The topological polar surface area (TPSA) is 79.4 Å². The van der Waals surface area contributed by atoms with Gasteiger partial charge in [0.1, 0.15) is 0 Å². The van der Waals surface area contributed by atoms with Crippen molar-refractivity contribution in [1.82, 2.24) is 9.29 Å². The number of nitrogens with zero attached hydrogens (tertiary/aromatic N) is 2. The zero-order chi connectivity index (χ0) is 19.3. The number of nitrogens with one attached hydrogen (secondary N) is 1. The van der Waals surface area contributed by atoms with Crippen molar-refractivity contribution in [3.63, 3.8) is 0 Å². The predicted octanol–water partition coefficient (Wildman–Crippen LogP) is 3.83. The predicted molar refractivity (Wildman–Crippen MR) is 106 cm³/mol. The van der Waals surface area contributed by atoms with E-state index in [9.17, 15) is 13.2 Å². The molecule has 1 atom stereocenters. The van der Waals surface area contributed by atoms with Crippen molar-refractivity contribution in [2.24, 2.45) is 5.92 Å². The zero-order valence-electron chi connectivity index (χ0n) is 15.5. The summed E-state index contributed by atoms with van der Waals surface area (Å²) in [5.41, 5.74) is 1.52. The van der Waals surface area contributed by atoms with Crippen molar-refractivity contribution in [2.75, 3.05) is 18.4 Å². The lowest BCUT2D eigenvalue weighted by Gasteiger charge is -2.18. The average molecular weight is 396 g/mol. The third kappa shape index (κ3) is 4.49. The van der Waals surface area contributed by atoms with Crippen LogP contribution in [0, 0.1) is 5.92 Å². The molecule has 0 aliphatic heterocycles. The Morgan fingerprint density at radius 1 is 1.19 bits per heavy atom. The maximum atomic E-state index is 12.5. The Balaban J connectivity index is 2.18. The molecular weight excluding hydrogens is 370 g/mol. The summed E-state index contributed by atoms with van der Waals surface area (Å²) in [4.78, 5) is 16.6. The Hall–Kier alpha value is -1.77. The quantitative estimate of drug-likeness (QED) is 0.737. The summed E-state index contributed by atoms with van der Waals surface area (Å²) in [6, 6.07) is 6.68. The van der Waals surface area contributed by atoms with E-state index < -0.39 is 10.0 Å². The van der Waals surface area contributed by atoms with Crippen molar-refractivity contribution in [3.05, 3.63) is 29.6 Å². The number of carbonyl (C=O) groups excluding carboxylic acids is 1. The van der Waals surface area contributed by atoms with Gasteiger partial charge in [0.2, 0.25) is 15.9 Å². The van der Waals surface area contributed by atoms with E-state index in [1.165, 1.54) is 15.6 Å². The molecule has 0 radical (unpaired) electrons. The van der Waals surface area contributed by atoms with Crippen LogP contribution < -0.4 is 5.32 Å². The molecule has 26 heavy (non-hydrogen) atoms. The van der Waals surface area contributed by atoms with Gasteiger partial charge in [-0.2, -0.15) is 4.31 Å². The number of hydrogen-bond donors (Lipinski definition) is 1. The van der Waals surface area contributed by atoms with Gasteiger partial charge in [0.25, 0.3) is 0 Å². The standard InChI is InChI=1S/C18H25N3O3S2/c1-5-13(4)17(22)20-18-19-16(12-25-18)14-8-10-15(11-9-14)26(23,24)21(6-2)7-3/h8-13H,5-7H2,1-4H3,(H,19,20,22)/t13-/m0/s1. The first-order chi connectivity index (χ1) is 12.3.